The minimum absolute atomic E-state index is 0.137. The summed E-state index contributed by atoms with van der Waals surface area (Å²) in [6, 6.07) is 11.1. The number of amides is 1. The topological polar surface area (TPSA) is 64.4 Å². The maximum atomic E-state index is 12.8. The van der Waals surface area contributed by atoms with Crippen LogP contribution in [0.4, 0.5) is 0 Å². The molecule has 6 nitrogen and oxygen atoms in total. The van der Waals surface area contributed by atoms with Crippen LogP contribution >= 0.6 is 11.6 Å². The largest absolute Gasteiger partial charge is 0.466 e. The van der Waals surface area contributed by atoms with Crippen LogP contribution in [-0.2, 0) is 23.1 Å². The highest BCUT2D eigenvalue weighted by Crippen LogP contribution is 2.14. The Kier molecular flexibility index (Phi) is 6.37. The van der Waals surface area contributed by atoms with Crippen LogP contribution in [0.1, 0.15) is 29.4 Å². The second kappa shape index (κ2) is 8.49. The van der Waals surface area contributed by atoms with Crippen LogP contribution in [0.3, 0.4) is 0 Å². The first-order valence-corrected chi connectivity index (χ1v) is 8.07. The van der Waals surface area contributed by atoms with Gasteiger partial charge in [-0.3, -0.25) is 14.3 Å². The van der Waals surface area contributed by atoms with Gasteiger partial charge in [0.25, 0.3) is 5.91 Å². The van der Waals surface area contributed by atoms with E-state index in [2.05, 4.69) is 5.10 Å². The number of hydrogen-bond acceptors (Lipinski definition) is 4. The molecular weight excluding hydrogens is 330 g/mol. The molecule has 0 spiro atoms. The molecule has 0 aliphatic rings. The van der Waals surface area contributed by atoms with E-state index in [1.165, 1.54) is 10.7 Å². The van der Waals surface area contributed by atoms with Crippen molar-refractivity contribution < 1.29 is 14.3 Å². The highest BCUT2D eigenvalue weighted by atomic mass is 35.5. The average Bonchev–Trinajstić information content (AvgIpc) is 2.90. The number of benzene rings is 1. The van der Waals surface area contributed by atoms with E-state index in [9.17, 15) is 9.59 Å². The van der Waals surface area contributed by atoms with Gasteiger partial charge in [-0.1, -0.05) is 41.9 Å². The minimum atomic E-state index is -0.327. The van der Waals surface area contributed by atoms with Gasteiger partial charge in [-0.2, -0.15) is 5.10 Å². The molecule has 0 aliphatic heterocycles. The summed E-state index contributed by atoms with van der Waals surface area (Å²) in [6.07, 6.45) is 0.137. The van der Waals surface area contributed by atoms with Gasteiger partial charge in [0, 0.05) is 26.2 Å². The fourth-order valence-electron chi connectivity index (χ4n) is 2.31. The Morgan fingerprint density at radius 2 is 2.00 bits per heavy atom. The lowest BCUT2D eigenvalue weighted by atomic mass is 10.2. The molecule has 7 heteroatoms. The van der Waals surface area contributed by atoms with Crippen LogP contribution in [0.5, 0.6) is 0 Å². The van der Waals surface area contributed by atoms with Crippen molar-refractivity contribution in [2.75, 3.05) is 13.2 Å². The molecule has 2 aromatic rings. The van der Waals surface area contributed by atoms with Crippen LogP contribution in [0.25, 0.3) is 0 Å². The number of carbonyl (C=O) groups excluding carboxylic acids is 2. The van der Waals surface area contributed by atoms with E-state index in [1.807, 2.05) is 30.3 Å². The first-order valence-electron chi connectivity index (χ1n) is 7.69. The number of nitrogens with zero attached hydrogens (tertiary/aromatic N) is 3. The summed E-state index contributed by atoms with van der Waals surface area (Å²) in [7, 11) is 1.66. The number of ether oxygens (including phenoxy) is 1. The average molecular weight is 350 g/mol. The van der Waals surface area contributed by atoms with Crippen molar-refractivity contribution in [2.45, 2.75) is 19.9 Å². The van der Waals surface area contributed by atoms with E-state index in [1.54, 1.807) is 18.9 Å². The van der Waals surface area contributed by atoms with E-state index < -0.39 is 0 Å². The molecule has 0 bridgehead atoms. The summed E-state index contributed by atoms with van der Waals surface area (Å²) < 4.78 is 6.38. The number of hydrogen-bond donors (Lipinski definition) is 0. The molecule has 0 fully saturated rings. The molecule has 0 saturated heterocycles. The molecule has 1 aromatic heterocycles. The highest BCUT2D eigenvalue weighted by molar-refractivity contribution is 6.29. The molecule has 24 heavy (non-hydrogen) atoms. The molecule has 0 saturated carbocycles. The number of aryl methyl sites for hydroxylation is 1. The van der Waals surface area contributed by atoms with Crippen LogP contribution in [0.15, 0.2) is 36.4 Å². The van der Waals surface area contributed by atoms with Crippen molar-refractivity contribution in [3.8, 4) is 0 Å². The van der Waals surface area contributed by atoms with Crippen molar-refractivity contribution in [3.05, 3.63) is 52.8 Å². The molecule has 0 unspecified atom stereocenters. The maximum Gasteiger partial charge on any atom is 0.307 e. The zero-order valence-corrected chi connectivity index (χ0v) is 14.5. The van der Waals surface area contributed by atoms with E-state index in [4.69, 9.17) is 16.3 Å². The lowest BCUT2D eigenvalue weighted by Crippen LogP contribution is -2.34. The van der Waals surface area contributed by atoms with Crippen molar-refractivity contribution in [3.63, 3.8) is 0 Å². The Morgan fingerprint density at radius 3 is 2.58 bits per heavy atom. The molecule has 0 atom stereocenters. The number of halogens is 1. The molecule has 2 rings (SSSR count). The SMILES string of the molecule is CCOC(=O)CCN(Cc1ccccc1)C(=O)c1cc(Cl)nn1C. The van der Waals surface area contributed by atoms with Gasteiger partial charge >= 0.3 is 5.97 Å². The summed E-state index contributed by atoms with van der Waals surface area (Å²) in [5.41, 5.74) is 1.35. The van der Waals surface area contributed by atoms with Gasteiger partial charge in [0.2, 0.25) is 0 Å². The summed E-state index contributed by atoms with van der Waals surface area (Å²) in [5.74, 6) is -0.559. The molecule has 0 aliphatic carbocycles. The van der Waals surface area contributed by atoms with E-state index >= 15 is 0 Å². The van der Waals surface area contributed by atoms with Gasteiger partial charge in [-0.25, -0.2) is 0 Å². The van der Waals surface area contributed by atoms with E-state index in [-0.39, 0.29) is 30.0 Å². The number of rotatable bonds is 7. The second-order valence-corrected chi connectivity index (χ2v) is 5.63. The third-order valence-corrected chi connectivity index (χ3v) is 3.65. The van der Waals surface area contributed by atoms with E-state index in [0.29, 0.717) is 18.8 Å². The fraction of sp³-hybridized carbons (Fsp3) is 0.353. The Morgan fingerprint density at radius 1 is 1.29 bits per heavy atom. The normalized spacial score (nSPS) is 10.5. The number of carbonyl (C=O) groups is 2. The molecule has 1 aromatic carbocycles. The molecule has 0 radical (unpaired) electrons. The predicted molar refractivity (Wildman–Crippen MR) is 90.7 cm³/mol. The summed E-state index contributed by atoms with van der Waals surface area (Å²) >= 11 is 5.87. The standard InChI is InChI=1S/C17H20ClN3O3/c1-3-24-16(22)9-10-21(12-13-7-5-4-6-8-13)17(23)14-11-15(18)19-20(14)2/h4-8,11H,3,9-10,12H2,1-2H3. The molecule has 1 amide bonds. The van der Waals surface area contributed by atoms with Gasteiger partial charge < -0.3 is 9.64 Å². The van der Waals surface area contributed by atoms with Crippen LogP contribution in [-0.4, -0.2) is 39.7 Å². The molecular formula is C17H20ClN3O3. The number of aromatic nitrogens is 2. The smallest absolute Gasteiger partial charge is 0.307 e. The first kappa shape index (κ1) is 18.0. The number of esters is 1. The van der Waals surface area contributed by atoms with Crippen molar-refractivity contribution in [1.82, 2.24) is 14.7 Å². The van der Waals surface area contributed by atoms with Crippen molar-refractivity contribution >= 4 is 23.5 Å². The summed E-state index contributed by atoms with van der Waals surface area (Å²) in [5, 5.41) is 4.24. The molecule has 128 valence electrons. The molecule has 0 N–H and O–H groups in total. The Hall–Kier alpha value is -2.34. The predicted octanol–water partition coefficient (Wildman–Crippen LogP) is 2.67. The third kappa shape index (κ3) is 4.83. The highest BCUT2D eigenvalue weighted by Gasteiger charge is 2.21. The van der Waals surface area contributed by atoms with Gasteiger partial charge in [0.05, 0.1) is 13.0 Å². The third-order valence-electron chi connectivity index (χ3n) is 3.46. The minimum Gasteiger partial charge on any atom is -0.466 e. The monoisotopic (exact) mass is 349 g/mol. The Bertz CT molecular complexity index is 700. The van der Waals surface area contributed by atoms with Gasteiger partial charge in [0.15, 0.2) is 5.15 Å². The van der Waals surface area contributed by atoms with Crippen molar-refractivity contribution in [1.29, 1.82) is 0 Å². The summed E-state index contributed by atoms with van der Waals surface area (Å²) in [6.45, 7) is 2.72. The van der Waals surface area contributed by atoms with Crippen LogP contribution in [0.2, 0.25) is 5.15 Å². The van der Waals surface area contributed by atoms with Crippen LogP contribution in [0, 0.1) is 0 Å². The van der Waals surface area contributed by atoms with Gasteiger partial charge in [-0.05, 0) is 12.5 Å². The lowest BCUT2D eigenvalue weighted by molar-refractivity contribution is -0.143. The van der Waals surface area contributed by atoms with E-state index in [0.717, 1.165) is 5.56 Å². The Balaban J connectivity index is 2.16. The second-order valence-electron chi connectivity index (χ2n) is 5.24. The molecule has 1 heterocycles. The zero-order valence-electron chi connectivity index (χ0n) is 13.7. The Labute approximate surface area is 146 Å². The van der Waals surface area contributed by atoms with Crippen LogP contribution < -0.4 is 0 Å². The maximum absolute atomic E-state index is 12.8. The zero-order chi connectivity index (χ0) is 17.5. The lowest BCUT2D eigenvalue weighted by Gasteiger charge is -2.22. The van der Waals surface area contributed by atoms with Crippen molar-refractivity contribution in [2.24, 2.45) is 7.05 Å². The fourth-order valence-corrected chi connectivity index (χ4v) is 2.53. The van der Waals surface area contributed by atoms with Gasteiger partial charge in [-0.15, -0.1) is 0 Å². The summed E-state index contributed by atoms with van der Waals surface area (Å²) in [4.78, 5) is 26.0. The quantitative estimate of drug-likeness (QED) is 0.721. The first-order chi connectivity index (χ1) is 11.5. The van der Waals surface area contributed by atoms with Gasteiger partial charge in [0.1, 0.15) is 5.69 Å².